The summed E-state index contributed by atoms with van der Waals surface area (Å²) in [5, 5.41) is 0. The number of aromatic nitrogens is 1. The summed E-state index contributed by atoms with van der Waals surface area (Å²) in [5.74, 6) is 0.423. The molecule has 3 aromatic rings. The Labute approximate surface area is 151 Å². The normalized spacial score (nSPS) is 10.5. The maximum atomic E-state index is 12.4. The average molecular weight is 349 g/mol. The molecule has 0 saturated heterocycles. The fourth-order valence-electron chi connectivity index (χ4n) is 2.68. The lowest BCUT2D eigenvalue weighted by Gasteiger charge is -2.05. The second kappa shape index (κ2) is 8.25. The molecule has 0 radical (unpaired) electrons. The lowest BCUT2D eigenvalue weighted by atomic mass is 10.00. The predicted molar refractivity (Wildman–Crippen MR) is 96.8 cm³/mol. The van der Waals surface area contributed by atoms with E-state index in [4.69, 9.17) is 9.15 Å². The second-order valence-electron chi connectivity index (χ2n) is 5.88. The van der Waals surface area contributed by atoms with Crippen molar-refractivity contribution in [3.8, 4) is 11.3 Å². The Morgan fingerprint density at radius 2 is 1.81 bits per heavy atom. The van der Waals surface area contributed by atoms with Crippen LogP contribution in [-0.2, 0) is 22.4 Å². The fraction of sp³-hybridized carbons (Fsp3) is 0.190. The molecule has 0 amide bonds. The van der Waals surface area contributed by atoms with Crippen LogP contribution >= 0.6 is 0 Å². The first-order valence-corrected chi connectivity index (χ1v) is 8.41. The highest BCUT2D eigenvalue weighted by Crippen LogP contribution is 2.20. The summed E-state index contributed by atoms with van der Waals surface area (Å²) >= 11 is 0. The number of carbonyl (C=O) groups is 2. The van der Waals surface area contributed by atoms with Crippen LogP contribution in [-0.4, -0.2) is 23.3 Å². The van der Waals surface area contributed by atoms with Crippen LogP contribution in [0.15, 0.2) is 65.5 Å². The van der Waals surface area contributed by atoms with E-state index in [1.807, 2.05) is 24.3 Å². The Morgan fingerprint density at radius 3 is 2.50 bits per heavy atom. The van der Waals surface area contributed by atoms with E-state index < -0.39 is 0 Å². The van der Waals surface area contributed by atoms with Crippen LogP contribution in [0.4, 0.5) is 0 Å². The zero-order valence-corrected chi connectivity index (χ0v) is 14.5. The lowest BCUT2D eigenvalue weighted by Crippen LogP contribution is -2.08. The summed E-state index contributed by atoms with van der Waals surface area (Å²) in [6.45, 7) is 2.11. The molecule has 3 rings (SSSR count). The van der Waals surface area contributed by atoms with Crippen LogP contribution in [0.1, 0.15) is 28.4 Å². The van der Waals surface area contributed by atoms with Gasteiger partial charge >= 0.3 is 5.97 Å². The van der Waals surface area contributed by atoms with E-state index in [0.29, 0.717) is 30.8 Å². The van der Waals surface area contributed by atoms with E-state index in [0.717, 1.165) is 16.7 Å². The van der Waals surface area contributed by atoms with Crippen molar-refractivity contribution in [3.05, 3.63) is 77.8 Å². The quantitative estimate of drug-likeness (QED) is 0.606. The maximum Gasteiger partial charge on any atom is 0.338 e. The standard InChI is InChI=1S/C21H19NO4/c1-2-25-21(24)17-8-6-15(7-9-17)11-19(23)12-16-4-3-5-18(10-16)20-13-22-14-26-20/h3-10,13-14H,2,11-12H2,1H3. The summed E-state index contributed by atoms with van der Waals surface area (Å²) in [6.07, 6.45) is 3.68. The third kappa shape index (κ3) is 4.45. The number of oxazole rings is 1. The highest BCUT2D eigenvalue weighted by atomic mass is 16.5. The van der Waals surface area contributed by atoms with Crippen molar-refractivity contribution in [2.75, 3.05) is 6.61 Å². The Morgan fingerprint density at radius 1 is 1.04 bits per heavy atom. The predicted octanol–water partition coefficient (Wildman–Crippen LogP) is 3.87. The van der Waals surface area contributed by atoms with Gasteiger partial charge in [-0.05, 0) is 36.2 Å². The maximum absolute atomic E-state index is 12.4. The van der Waals surface area contributed by atoms with Gasteiger partial charge in [-0.1, -0.05) is 30.3 Å². The minimum atomic E-state index is -0.352. The molecule has 0 saturated carbocycles. The van der Waals surface area contributed by atoms with Crippen molar-refractivity contribution in [2.24, 2.45) is 0 Å². The SMILES string of the molecule is CCOC(=O)c1ccc(CC(=O)Cc2cccc(-c3cnco3)c2)cc1. The van der Waals surface area contributed by atoms with Crippen molar-refractivity contribution < 1.29 is 18.7 Å². The first kappa shape index (κ1) is 17.6. The molecule has 1 heterocycles. The average Bonchev–Trinajstić information content (AvgIpc) is 3.17. The van der Waals surface area contributed by atoms with Crippen molar-refractivity contribution >= 4 is 11.8 Å². The smallest absolute Gasteiger partial charge is 0.338 e. The van der Waals surface area contributed by atoms with E-state index in [-0.39, 0.29) is 11.8 Å². The molecule has 0 spiro atoms. The van der Waals surface area contributed by atoms with Crippen LogP contribution < -0.4 is 0 Å². The number of Topliss-reactive ketones (excluding diaryl/α,β-unsaturated/α-hetero) is 1. The summed E-state index contributed by atoms with van der Waals surface area (Å²) in [6, 6.07) is 14.6. The van der Waals surface area contributed by atoms with Crippen LogP contribution in [0.5, 0.6) is 0 Å². The summed E-state index contributed by atoms with van der Waals surface area (Å²) in [4.78, 5) is 27.9. The van der Waals surface area contributed by atoms with Gasteiger partial charge in [-0.3, -0.25) is 4.79 Å². The van der Waals surface area contributed by atoms with Gasteiger partial charge in [-0.15, -0.1) is 0 Å². The third-order valence-electron chi connectivity index (χ3n) is 3.91. The first-order chi connectivity index (χ1) is 12.7. The molecule has 0 unspecified atom stereocenters. The van der Waals surface area contributed by atoms with E-state index in [2.05, 4.69) is 4.98 Å². The van der Waals surface area contributed by atoms with Gasteiger partial charge in [-0.25, -0.2) is 9.78 Å². The van der Waals surface area contributed by atoms with Gasteiger partial charge in [-0.2, -0.15) is 0 Å². The van der Waals surface area contributed by atoms with Crippen LogP contribution in [0.3, 0.4) is 0 Å². The Kier molecular flexibility index (Phi) is 5.59. The van der Waals surface area contributed by atoms with E-state index in [9.17, 15) is 9.59 Å². The minimum Gasteiger partial charge on any atom is -0.462 e. The number of benzene rings is 2. The second-order valence-corrected chi connectivity index (χ2v) is 5.88. The molecule has 0 bridgehead atoms. The summed E-state index contributed by atoms with van der Waals surface area (Å²) in [5.41, 5.74) is 3.18. The molecular weight excluding hydrogens is 330 g/mol. The molecule has 5 heteroatoms. The van der Waals surface area contributed by atoms with Gasteiger partial charge in [0.05, 0.1) is 18.4 Å². The molecule has 0 aliphatic carbocycles. The van der Waals surface area contributed by atoms with Gasteiger partial charge < -0.3 is 9.15 Å². The van der Waals surface area contributed by atoms with E-state index in [1.165, 1.54) is 6.39 Å². The zero-order chi connectivity index (χ0) is 18.4. The van der Waals surface area contributed by atoms with Crippen molar-refractivity contribution in [3.63, 3.8) is 0 Å². The molecule has 0 atom stereocenters. The van der Waals surface area contributed by atoms with Crippen LogP contribution in [0, 0.1) is 0 Å². The van der Waals surface area contributed by atoms with Gasteiger partial charge in [0.1, 0.15) is 5.78 Å². The van der Waals surface area contributed by atoms with Crippen LogP contribution in [0.2, 0.25) is 0 Å². The summed E-state index contributed by atoms with van der Waals surface area (Å²) < 4.78 is 10.2. The first-order valence-electron chi connectivity index (χ1n) is 8.41. The van der Waals surface area contributed by atoms with Crippen molar-refractivity contribution in [1.29, 1.82) is 0 Å². The molecule has 26 heavy (non-hydrogen) atoms. The van der Waals surface area contributed by atoms with Crippen molar-refractivity contribution in [1.82, 2.24) is 4.98 Å². The molecule has 0 N–H and O–H groups in total. The largest absolute Gasteiger partial charge is 0.462 e. The van der Waals surface area contributed by atoms with Gasteiger partial charge in [0.25, 0.3) is 0 Å². The summed E-state index contributed by atoms with van der Waals surface area (Å²) in [7, 11) is 0. The number of nitrogens with zero attached hydrogens (tertiary/aromatic N) is 1. The molecular formula is C21H19NO4. The van der Waals surface area contributed by atoms with Gasteiger partial charge in [0.2, 0.25) is 0 Å². The minimum absolute atomic E-state index is 0.101. The number of ketones is 1. The molecule has 0 fully saturated rings. The molecule has 1 aromatic heterocycles. The topological polar surface area (TPSA) is 69.4 Å². The van der Waals surface area contributed by atoms with Crippen LogP contribution in [0.25, 0.3) is 11.3 Å². The Hall–Kier alpha value is -3.21. The molecule has 0 aliphatic rings. The number of ether oxygens (including phenoxy) is 1. The monoisotopic (exact) mass is 349 g/mol. The number of esters is 1. The third-order valence-corrected chi connectivity index (χ3v) is 3.91. The number of carbonyl (C=O) groups excluding carboxylic acids is 2. The molecule has 132 valence electrons. The molecule has 0 aliphatic heterocycles. The number of rotatable bonds is 7. The lowest BCUT2D eigenvalue weighted by molar-refractivity contribution is -0.117. The van der Waals surface area contributed by atoms with Gasteiger partial charge in [0.15, 0.2) is 12.2 Å². The van der Waals surface area contributed by atoms with E-state index >= 15 is 0 Å². The fourth-order valence-corrected chi connectivity index (χ4v) is 2.68. The van der Waals surface area contributed by atoms with Gasteiger partial charge in [0, 0.05) is 18.4 Å². The number of hydrogen-bond donors (Lipinski definition) is 0. The zero-order valence-electron chi connectivity index (χ0n) is 14.5. The highest BCUT2D eigenvalue weighted by molar-refractivity contribution is 5.89. The molecule has 2 aromatic carbocycles. The Balaban J connectivity index is 1.62. The number of hydrogen-bond acceptors (Lipinski definition) is 5. The highest BCUT2D eigenvalue weighted by Gasteiger charge is 2.10. The van der Waals surface area contributed by atoms with E-state index in [1.54, 1.807) is 37.4 Å². The van der Waals surface area contributed by atoms with Crippen molar-refractivity contribution in [2.45, 2.75) is 19.8 Å². The Bertz CT molecular complexity index is 883. The molecule has 5 nitrogen and oxygen atoms in total.